The topological polar surface area (TPSA) is 29.5 Å². The maximum absolute atomic E-state index is 11.9. The second kappa shape index (κ2) is 18.0. The molecule has 0 aliphatic heterocycles. The first-order valence-corrected chi connectivity index (χ1v) is 12.2. The SMILES string of the molecule is CCCCCCCC/C=C/CCCCCCCC(=O)OCc1ccc(N(C)C)cc1. The van der Waals surface area contributed by atoms with Gasteiger partial charge in [-0.05, 0) is 49.8 Å². The minimum absolute atomic E-state index is 0.0793. The summed E-state index contributed by atoms with van der Waals surface area (Å²) in [5.74, 6) is -0.0793. The summed E-state index contributed by atoms with van der Waals surface area (Å²) < 4.78 is 5.39. The molecule has 0 atom stereocenters. The van der Waals surface area contributed by atoms with Gasteiger partial charge in [0.25, 0.3) is 0 Å². The molecule has 30 heavy (non-hydrogen) atoms. The standard InChI is InChI=1S/C27H45NO2/c1-4-5-6-7-8-9-10-11-12-13-14-15-16-17-18-19-27(29)30-24-25-20-22-26(23-21-25)28(2)3/h11-12,20-23H,4-10,13-19,24H2,1-3H3/b12-11+. The van der Waals surface area contributed by atoms with Gasteiger partial charge in [-0.15, -0.1) is 0 Å². The predicted octanol–water partition coefficient (Wildman–Crippen LogP) is 7.83. The van der Waals surface area contributed by atoms with Crippen LogP contribution in [0.15, 0.2) is 36.4 Å². The van der Waals surface area contributed by atoms with Gasteiger partial charge in [-0.1, -0.05) is 82.6 Å². The van der Waals surface area contributed by atoms with Gasteiger partial charge in [0.1, 0.15) is 6.61 Å². The molecule has 0 heterocycles. The summed E-state index contributed by atoms with van der Waals surface area (Å²) in [4.78, 5) is 13.9. The van der Waals surface area contributed by atoms with E-state index in [0.717, 1.165) is 24.1 Å². The van der Waals surface area contributed by atoms with E-state index >= 15 is 0 Å². The Labute approximate surface area is 185 Å². The fraction of sp³-hybridized carbons (Fsp3) is 0.667. The average Bonchev–Trinajstić information content (AvgIpc) is 2.75. The molecule has 1 aromatic carbocycles. The number of benzene rings is 1. The molecule has 0 spiro atoms. The van der Waals surface area contributed by atoms with E-state index in [0.29, 0.717) is 13.0 Å². The zero-order valence-corrected chi connectivity index (χ0v) is 19.8. The highest BCUT2D eigenvalue weighted by atomic mass is 16.5. The van der Waals surface area contributed by atoms with Crippen LogP contribution in [0.4, 0.5) is 5.69 Å². The van der Waals surface area contributed by atoms with Gasteiger partial charge in [-0.2, -0.15) is 0 Å². The zero-order valence-electron chi connectivity index (χ0n) is 19.8. The van der Waals surface area contributed by atoms with E-state index < -0.39 is 0 Å². The minimum atomic E-state index is -0.0793. The first-order chi connectivity index (χ1) is 14.6. The molecule has 0 fully saturated rings. The molecule has 3 nitrogen and oxygen atoms in total. The van der Waals surface area contributed by atoms with Crippen molar-refractivity contribution in [3.05, 3.63) is 42.0 Å². The number of allylic oxidation sites excluding steroid dienone is 2. The normalized spacial score (nSPS) is 11.2. The van der Waals surface area contributed by atoms with E-state index in [2.05, 4.69) is 24.0 Å². The lowest BCUT2D eigenvalue weighted by Gasteiger charge is -2.12. The fourth-order valence-corrected chi connectivity index (χ4v) is 3.47. The predicted molar refractivity (Wildman–Crippen MR) is 130 cm³/mol. The van der Waals surface area contributed by atoms with E-state index in [4.69, 9.17) is 4.74 Å². The molecule has 0 unspecified atom stereocenters. The maximum atomic E-state index is 11.9. The highest BCUT2D eigenvalue weighted by molar-refractivity contribution is 5.69. The summed E-state index contributed by atoms with van der Waals surface area (Å²) >= 11 is 0. The molecular formula is C27H45NO2. The van der Waals surface area contributed by atoms with Gasteiger partial charge < -0.3 is 9.64 Å². The first kappa shape index (κ1) is 26.3. The van der Waals surface area contributed by atoms with Gasteiger partial charge in [0.15, 0.2) is 0 Å². The summed E-state index contributed by atoms with van der Waals surface area (Å²) in [5.41, 5.74) is 2.19. The van der Waals surface area contributed by atoms with Crippen molar-refractivity contribution in [2.24, 2.45) is 0 Å². The van der Waals surface area contributed by atoms with Gasteiger partial charge in [-0.3, -0.25) is 4.79 Å². The number of hydrogen-bond donors (Lipinski definition) is 0. The van der Waals surface area contributed by atoms with Gasteiger partial charge in [0.05, 0.1) is 0 Å². The van der Waals surface area contributed by atoms with Crippen LogP contribution < -0.4 is 4.90 Å². The maximum Gasteiger partial charge on any atom is 0.306 e. The van der Waals surface area contributed by atoms with Crippen LogP contribution in [0.25, 0.3) is 0 Å². The van der Waals surface area contributed by atoms with Crippen LogP contribution in [0, 0.1) is 0 Å². The Morgan fingerprint density at radius 2 is 1.33 bits per heavy atom. The van der Waals surface area contributed by atoms with E-state index in [-0.39, 0.29) is 5.97 Å². The molecule has 0 aromatic heterocycles. The van der Waals surface area contributed by atoms with Gasteiger partial charge in [0.2, 0.25) is 0 Å². The van der Waals surface area contributed by atoms with E-state index in [1.165, 1.54) is 70.6 Å². The molecular weight excluding hydrogens is 370 g/mol. The van der Waals surface area contributed by atoms with E-state index in [9.17, 15) is 4.79 Å². The third-order valence-electron chi connectivity index (χ3n) is 5.50. The van der Waals surface area contributed by atoms with Crippen molar-refractivity contribution < 1.29 is 9.53 Å². The lowest BCUT2D eigenvalue weighted by atomic mass is 10.1. The number of hydrogen-bond acceptors (Lipinski definition) is 3. The molecule has 0 N–H and O–H groups in total. The monoisotopic (exact) mass is 415 g/mol. The number of carbonyl (C=O) groups excluding carboxylic acids is 1. The Morgan fingerprint density at radius 3 is 1.90 bits per heavy atom. The number of esters is 1. The van der Waals surface area contributed by atoms with Crippen molar-refractivity contribution in [1.82, 2.24) is 0 Å². The van der Waals surface area contributed by atoms with E-state index in [1.807, 2.05) is 38.4 Å². The minimum Gasteiger partial charge on any atom is -0.461 e. The Bertz CT molecular complexity index is 563. The average molecular weight is 416 g/mol. The third-order valence-corrected chi connectivity index (χ3v) is 5.50. The van der Waals surface area contributed by atoms with Gasteiger partial charge in [0, 0.05) is 26.2 Å². The lowest BCUT2D eigenvalue weighted by molar-refractivity contribution is -0.145. The van der Waals surface area contributed by atoms with Crippen LogP contribution in [0.2, 0.25) is 0 Å². The summed E-state index contributed by atoms with van der Waals surface area (Å²) in [7, 11) is 4.03. The summed E-state index contributed by atoms with van der Waals surface area (Å²) in [6, 6.07) is 8.13. The van der Waals surface area contributed by atoms with Crippen LogP contribution in [-0.2, 0) is 16.1 Å². The molecule has 0 radical (unpaired) electrons. The number of nitrogens with zero attached hydrogens (tertiary/aromatic N) is 1. The number of ether oxygens (including phenoxy) is 1. The number of unbranched alkanes of at least 4 members (excludes halogenated alkanes) is 11. The molecule has 170 valence electrons. The van der Waals surface area contributed by atoms with Crippen LogP contribution >= 0.6 is 0 Å². The second-order valence-corrected chi connectivity index (χ2v) is 8.56. The van der Waals surface area contributed by atoms with Crippen LogP contribution in [-0.4, -0.2) is 20.1 Å². The van der Waals surface area contributed by atoms with Crippen LogP contribution in [0.3, 0.4) is 0 Å². The number of anilines is 1. The highest BCUT2D eigenvalue weighted by Crippen LogP contribution is 2.14. The summed E-state index contributed by atoms with van der Waals surface area (Å²) in [5, 5.41) is 0. The number of rotatable bonds is 18. The molecule has 0 amide bonds. The Balaban J connectivity index is 1.90. The van der Waals surface area contributed by atoms with Crippen molar-refractivity contribution in [1.29, 1.82) is 0 Å². The Kier molecular flexibility index (Phi) is 15.8. The van der Waals surface area contributed by atoms with Crippen molar-refractivity contribution in [2.45, 2.75) is 103 Å². The quantitative estimate of drug-likeness (QED) is 0.139. The third kappa shape index (κ3) is 14.3. The molecule has 0 saturated heterocycles. The number of carbonyl (C=O) groups is 1. The molecule has 0 bridgehead atoms. The van der Waals surface area contributed by atoms with Crippen LogP contribution in [0.1, 0.15) is 102 Å². The van der Waals surface area contributed by atoms with Gasteiger partial charge >= 0.3 is 5.97 Å². The molecule has 1 rings (SSSR count). The summed E-state index contributed by atoms with van der Waals surface area (Å²) in [6.07, 6.45) is 21.7. The smallest absolute Gasteiger partial charge is 0.306 e. The molecule has 0 aliphatic carbocycles. The molecule has 0 saturated carbocycles. The van der Waals surface area contributed by atoms with E-state index in [1.54, 1.807) is 0 Å². The van der Waals surface area contributed by atoms with Crippen molar-refractivity contribution in [3.8, 4) is 0 Å². The zero-order chi connectivity index (χ0) is 21.9. The van der Waals surface area contributed by atoms with Crippen molar-refractivity contribution >= 4 is 11.7 Å². The van der Waals surface area contributed by atoms with Gasteiger partial charge in [-0.25, -0.2) is 0 Å². The van der Waals surface area contributed by atoms with Crippen LogP contribution in [0.5, 0.6) is 0 Å². The van der Waals surface area contributed by atoms with Crippen molar-refractivity contribution in [2.75, 3.05) is 19.0 Å². The highest BCUT2D eigenvalue weighted by Gasteiger charge is 2.04. The molecule has 0 aliphatic rings. The lowest BCUT2D eigenvalue weighted by Crippen LogP contribution is -2.08. The first-order valence-electron chi connectivity index (χ1n) is 12.2. The molecule has 3 heteroatoms. The van der Waals surface area contributed by atoms with Crippen molar-refractivity contribution in [3.63, 3.8) is 0 Å². The largest absolute Gasteiger partial charge is 0.461 e. The fourth-order valence-electron chi connectivity index (χ4n) is 3.47. The molecule has 1 aromatic rings. The Morgan fingerprint density at radius 1 is 0.800 bits per heavy atom. The Hall–Kier alpha value is -1.77. The second-order valence-electron chi connectivity index (χ2n) is 8.56. The summed E-state index contributed by atoms with van der Waals surface area (Å²) in [6.45, 7) is 2.64.